The lowest BCUT2D eigenvalue weighted by atomic mass is 10.1. The van der Waals surface area contributed by atoms with Crippen molar-refractivity contribution in [2.24, 2.45) is 12.8 Å². The van der Waals surface area contributed by atoms with Gasteiger partial charge in [0, 0.05) is 26.6 Å². The molecule has 2 N–H and O–H groups in total. The van der Waals surface area contributed by atoms with E-state index in [4.69, 9.17) is 15.2 Å². The molecule has 1 rings (SSSR count). The Morgan fingerprint density at radius 3 is 2.72 bits per heavy atom. The predicted octanol–water partition coefficient (Wildman–Crippen LogP) is 1.28. The number of aryl methyl sites for hydroxylation is 2. The lowest BCUT2D eigenvalue weighted by Gasteiger charge is -2.12. The Hall–Kier alpha value is -0.430. The maximum atomic E-state index is 6.05. The summed E-state index contributed by atoms with van der Waals surface area (Å²) in [5, 5.41) is 4.44. The second kappa shape index (κ2) is 7.89. The van der Waals surface area contributed by atoms with Gasteiger partial charge in [0.25, 0.3) is 0 Å². The van der Waals surface area contributed by atoms with Crippen LogP contribution in [0.2, 0.25) is 0 Å². The number of hydrogen-bond donors (Lipinski definition) is 1. The summed E-state index contributed by atoms with van der Waals surface area (Å²) in [6.45, 7) is 3.80. The van der Waals surface area contributed by atoms with Gasteiger partial charge in [-0.1, -0.05) is 6.92 Å². The van der Waals surface area contributed by atoms with Gasteiger partial charge in [-0.25, -0.2) is 0 Å². The summed E-state index contributed by atoms with van der Waals surface area (Å²) in [7, 11) is 3.60. The maximum Gasteiger partial charge on any atom is 0.0766 e. The largest absolute Gasteiger partial charge is 0.382 e. The summed E-state index contributed by atoms with van der Waals surface area (Å²) in [6.07, 6.45) is 1.66. The van der Waals surface area contributed by atoms with Crippen molar-refractivity contribution in [2.75, 3.05) is 26.9 Å². The van der Waals surface area contributed by atoms with E-state index in [1.54, 1.807) is 7.11 Å². The van der Waals surface area contributed by atoms with Crippen LogP contribution in [-0.2, 0) is 29.4 Å². The summed E-state index contributed by atoms with van der Waals surface area (Å²) in [5.74, 6) is 0. The van der Waals surface area contributed by atoms with Crippen LogP contribution in [0.3, 0.4) is 0 Å². The molecule has 0 aliphatic rings. The number of nitrogens with two attached hydrogens (primary N) is 1. The molecule has 0 fully saturated rings. The van der Waals surface area contributed by atoms with Gasteiger partial charge in [0.05, 0.1) is 35.7 Å². The average molecular weight is 320 g/mol. The van der Waals surface area contributed by atoms with Crippen molar-refractivity contribution in [3.8, 4) is 0 Å². The molecule has 1 aromatic heterocycles. The molecule has 0 aliphatic heterocycles. The van der Waals surface area contributed by atoms with Crippen molar-refractivity contribution in [1.29, 1.82) is 0 Å². The molecule has 5 nitrogen and oxygen atoms in total. The molecule has 1 atom stereocenters. The molecular formula is C12H22BrN3O2. The van der Waals surface area contributed by atoms with E-state index in [1.165, 1.54) is 0 Å². The Kier molecular flexibility index (Phi) is 6.85. The third-order valence-electron chi connectivity index (χ3n) is 2.72. The number of halogens is 1. The van der Waals surface area contributed by atoms with Gasteiger partial charge in [-0.3, -0.25) is 4.68 Å². The van der Waals surface area contributed by atoms with Gasteiger partial charge < -0.3 is 15.2 Å². The first-order valence-electron chi connectivity index (χ1n) is 6.12. The molecule has 0 saturated carbocycles. The standard InChI is InChI=1S/C12H22BrN3O2/c1-4-10-12(13)11(16(2)15-10)7-9(14)8-18-6-5-17-3/h9H,4-8,14H2,1-3H3. The number of aromatic nitrogens is 2. The Labute approximate surface area is 117 Å². The van der Waals surface area contributed by atoms with Crippen LogP contribution >= 0.6 is 15.9 Å². The topological polar surface area (TPSA) is 62.3 Å². The lowest BCUT2D eigenvalue weighted by molar-refractivity contribution is 0.0635. The van der Waals surface area contributed by atoms with Crippen LogP contribution in [0, 0.1) is 0 Å². The fraction of sp³-hybridized carbons (Fsp3) is 0.750. The van der Waals surface area contributed by atoms with Crippen LogP contribution in [0.4, 0.5) is 0 Å². The van der Waals surface area contributed by atoms with Crippen LogP contribution < -0.4 is 5.73 Å². The molecule has 0 aromatic carbocycles. The smallest absolute Gasteiger partial charge is 0.0766 e. The highest BCUT2D eigenvalue weighted by Crippen LogP contribution is 2.22. The van der Waals surface area contributed by atoms with Crippen molar-refractivity contribution in [3.63, 3.8) is 0 Å². The summed E-state index contributed by atoms with van der Waals surface area (Å²) < 4.78 is 13.3. The maximum absolute atomic E-state index is 6.05. The van der Waals surface area contributed by atoms with Crippen molar-refractivity contribution >= 4 is 15.9 Å². The molecule has 0 radical (unpaired) electrons. The molecule has 1 heterocycles. The molecular weight excluding hydrogens is 298 g/mol. The van der Waals surface area contributed by atoms with Crippen LogP contribution in [0.1, 0.15) is 18.3 Å². The third kappa shape index (κ3) is 4.35. The Morgan fingerprint density at radius 2 is 2.17 bits per heavy atom. The minimum Gasteiger partial charge on any atom is -0.382 e. The normalized spacial score (nSPS) is 12.9. The number of nitrogens with zero attached hydrogens (tertiary/aromatic N) is 2. The number of rotatable bonds is 8. The molecule has 0 saturated heterocycles. The van der Waals surface area contributed by atoms with Gasteiger partial charge in [0.1, 0.15) is 0 Å². The van der Waals surface area contributed by atoms with Crippen molar-refractivity contribution in [3.05, 3.63) is 15.9 Å². The fourth-order valence-electron chi connectivity index (χ4n) is 1.73. The molecule has 0 aliphatic carbocycles. The third-order valence-corrected chi connectivity index (χ3v) is 3.64. The van der Waals surface area contributed by atoms with E-state index in [0.717, 1.165) is 28.7 Å². The summed E-state index contributed by atoms with van der Waals surface area (Å²) in [5.41, 5.74) is 8.24. The molecule has 0 spiro atoms. The number of methoxy groups -OCH3 is 1. The van der Waals surface area contributed by atoms with Gasteiger partial charge in [-0.05, 0) is 22.4 Å². The monoisotopic (exact) mass is 319 g/mol. The summed E-state index contributed by atoms with van der Waals surface area (Å²) in [6, 6.07) is -0.0294. The van der Waals surface area contributed by atoms with E-state index in [0.29, 0.717) is 19.8 Å². The van der Waals surface area contributed by atoms with E-state index in [9.17, 15) is 0 Å². The highest BCUT2D eigenvalue weighted by molar-refractivity contribution is 9.10. The molecule has 18 heavy (non-hydrogen) atoms. The first-order chi connectivity index (χ1) is 8.60. The second-order valence-corrected chi connectivity index (χ2v) is 5.01. The van der Waals surface area contributed by atoms with Gasteiger partial charge in [0.2, 0.25) is 0 Å². The second-order valence-electron chi connectivity index (χ2n) is 4.22. The first-order valence-corrected chi connectivity index (χ1v) is 6.91. The highest BCUT2D eigenvalue weighted by atomic mass is 79.9. The van der Waals surface area contributed by atoms with Crippen LogP contribution in [0.5, 0.6) is 0 Å². The van der Waals surface area contributed by atoms with Crippen molar-refractivity contribution in [2.45, 2.75) is 25.8 Å². The van der Waals surface area contributed by atoms with E-state index in [1.807, 2.05) is 11.7 Å². The van der Waals surface area contributed by atoms with E-state index in [2.05, 4.69) is 28.0 Å². The van der Waals surface area contributed by atoms with Gasteiger partial charge >= 0.3 is 0 Å². The van der Waals surface area contributed by atoms with Crippen LogP contribution in [0.15, 0.2) is 4.47 Å². The van der Waals surface area contributed by atoms with Gasteiger partial charge in [-0.2, -0.15) is 5.10 Å². The predicted molar refractivity (Wildman–Crippen MR) is 74.7 cm³/mol. The van der Waals surface area contributed by atoms with E-state index in [-0.39, 0.29) is 6.04 Å². The fourth-order valence-corrected chi connectivity index (χ4v) is 2.50. The van der Waals surface area contributed by atoms with Crippen LogP contribution in [-0.4, -0.2) is 42.8 Å². The molecule has 1 aromatic rings. The van der Waals surface area contributed by atoms with Crippen molar-refractivity contribution in [1.82, 2.24) is 9.78 Å². The summed E-state index contributed by atoms with van der Waals surface area (Å²) in [4.78, 5) is 0. The molecule has 0 bridgehead atoms. The zero-order valence-corrected chi connectivity index (χ0v) is 12.9. The molecule has 104 valence electrons. The number of ether oxygens (including phenoxy) is 2. The minimum absolute atomic E-state index is 0.0294. The Morgan fingerprint density at radius 1 is 1.44 bits per heavy atom. The van der Waals surface area contributed by atoms with Gasteiger partial charge in [-0.15, -0.1) is 0 Å². The SMILES string of the molecule is CCc1nn(C)c(CC(N)COCCOC)c1Br. The van der Waals surface area contributed by atoms with Crippen molar-refractivity contribution < 1.29 is 9.47 Å². The molecule has 6 heteroatoms. The summed E-state index contributed by atoms with van der Waals surface area (Å²) >= 11 is 3.58. The zero-order valence-electron chi connectivity index (χ0n) is 11.3. The Bertz CT molecular complexity index is 368. The zero-order chi connectivity index (χ0) is 13.5. The number of hydrogen-bond acceptors (Lipinski definition) is 4. The Balaban J connectivity index is 2.48. The minimum atomic E-state index is -0.0294. The highest BCUT2D eigenvalue weighted by Gasteiger charge is 2.15. The molecule has 1 unspecified atom stereocenters. The van der Waals surface area contributed by atoms with E-state index < -0.39 is 0 Å². The quantitative estimate of drug-likeness (QED) is 0.733. The van der Waals surface area contributed by atoms with E-state index >= 15 is 0 Å². The average Bonchev–Trinajstić information content (AvgIpc) is 2.62. The lowest BCUT2D eigenvalue weighted by Crippen LogP contribution is -2.30. The first kappa shape index (κ1) is 15.6. The van der Waals surface area contributed by atoms with Crippen LogP contribution in [0.25, 0.3) is 0 Å². The van der Waals surface area contributed by atoms with Gasteiger partial charge in [0.15, 0.2) is 0 Å². The molecule has 0 amide bonds.